The van der Waals surface area contributed by atoms with Crippen molar-refractivity contribution in [1.82, 2.24) is 0 Å². The lowest BCUT2D eigenvalue weighted by atomic mass is 10.3. The third kappa shape index (κ3) is 8.86. The standard InChI is InChI=1S/C7H18P2/c1-7(2,3)8-6-9(4)5/h8H,6H2,1-5H3. The summed E-state index contributed by atoms with van der Waals surface area (Å²) in [5.41, 5.74) is 0. The van der Waals surface area contributed by atoms with Crippen LogP contribution in [0.25, 0.3) is 0 Å². The van der Waals surface area contributed by atoms with Gasteiger partial charge in [0.15, 0.2) is 0 Å². The van der Waals surface area contributed by atoms with Crippen LogP contribution in [0.4, 0.5) is 0 Å². The molecule has 2 heteroatoms. The molecule has 0 aromatic rings. The fourth-order valence-corrected chi connectivity index (χ4v) is 3.56. The summed E-state index contributed by atoms with van der Waals surface area (Å²) < 4.78 is 0. The van der Waals surface area contributed by atoms with Gasteiger partial charge in [-0.05, 0) is 24.4 Å². The Morgan fingerprint density at radius 3 is 1.78 bits per heavy atom. The van der Waals surface area contributed by atoms with Crippen molar-refractivity contribution in [3.63, 3.8) is 0 Å². The molecule has 0 nitrogen and oxygen atoms in total. The van der Waals surface area contributed by atoms with Crippen LogP contribution >= 0.6 is 16.5 Å². The Kier molecular flexibility index (Phi) is 4.26. The maximum absolute atomic E-state index is 2.36. The van der Waals surface area contributed by atoms with Crippen LogP contribution in [0.15, 0.2) is 0 Å². The van der Waals surface area contributed by atoms with E-state index in [-0.39, 0.29) is 0 Å². The van der Waals surface area contributed by atoms with Crippen molar-refractivity contribution in [1.29, 1.82) is 0 Å². The van der Waals surface area contributed by atoms with E-state index in [0.29, 0.717) is 13.1 Å². The number of rotatable bonds is 2. The molecule has 0 saturated carbocycles. The van der Waals surface area contributed by atoms with Gasteiger partial charge < -0.3 is 0 Å². The zero-order chi connectivity index (χ0) is 7.49. The molecule has 0 rings (SSSR count). The predicted molar refractivity (Wildman–Crippen MR) is 51.7 cm³/mol. The minimum atomic E-state index is 0.348. The molecule has 0 N–H and O–H groups in total. The summed E-state index contributed by atoms with van der Waals surface area (Å²) >= 11 is 0. The van der Waals surface area contributed by atoms with E-state index in [1.807, 2.05) is 0 Å². The summed E-state index contributed by atoms with van der Waals surface area (Å²) in [4.78, 5) is 0. The molecule has 0 heterocycles. The monoisotopic (exact) mass is 164 g/mol. The molecule has 56 valence electrons. The largest absolute Gasteiger partial charge is 0.112 e. The Hall–Kier alpha value is 0.860. The van der Waals surface area contributed by atoms with Crippen LogP contribution in [0.3, 0.4) is 0 Å². The topological polar surface area (TPSA) is 0 Å². The van der Waals surface area contributed by atoms with Gasteiger partial charge in [0.2, 0.25) is 0 Å². The van der Waals surface area contributed by atoms with Crippen LogP contribution in [0, 0.1) is 0 Å². The molecule has 0 spiro atoms. The summed E-state index contributed by atoms with van der Waals surface area (Å²) in [6, 6.07) is 0. The molecule has 1 atom stereocenters. The molecule has 0 fully saturated rings. The number of hydrogen-bond donors (Lipinski definition) is 0. The van der Waals surface area contributed by atoms with Gasteiger partial charge in [0.1, 0.15) is 0 Å². The van der Waals surface area contributed by atoms with Gasteiger partial charge in [-0.3, -0.25) is 0 Å². The Morgan fingerprint density at radius 1 is 1.22 bits per heavy atom. The second kappa shape index (κ2) is 3.89. The smallest absolute Gasteiger partial charge is 0.0148 e. The predicted octanol–water partition coefficient (Wildman–Crippen LogP) is 3.16. The first-order valence-electron chi connectivity index (χ1n) is 3.31. The first-order chi connectivity index (χ1) is 3.92. The highest BCUT2D eigenvalue weighted by atomic mass is 31.2. The zero-order valence-electron chi connectivity index (χ0n) is 7.15. The van der Waals surface area contributed by atoms with Crippen molar-refractivity contribution in [2.45, 2.75) is 25.9 Å². The zero-order valence-corrected chi connectivity index (χ0v) is 9.05. The van der Waals surface area contributed by atoms with Crippen LogP contribution in [0.1, 0.15) is 20.8 Å². The Morgan fingerprint density at radius 2 is 1.67 bits per heavy atom. The van der Waals surface area contributed by atoms with Gasteiger partial charge in [0.25, 0.3) is 0 Å². The summed E-state index contributed by atoms with van der Waals surface area (Å²) in [7, 11) is 1.50. The molecule has 9 heavy (non-hydrogen) atoms. The minimum absolute atomic E-state index is 0.348. The Bertz CT molecular complexity index is 71.5. The van der Waals surface area contributed by atoms with E-state index in [4.69, 9.17) is 0 Å². The van der Waals surface area contributed by atoms with Gasteiger partial charge in [0.05, 0.1) is 0 Å². The van der Waals surface area contributed by atoms with E-state index in [1.54, 1.807) is 0 Å². The lowest BCUT2D eigenvalue weighted by Crippen LogP contribution is -2.04. The van der Waals surface area contributed by atoms with E-state index in [2.05, 4.69) is 34.1 Å². The highest BCUT2D eigenvalue weighted by Crippen LogP contribution is 2.41. The van der Waals surface area contributed by atoms with Crippen molar-refractivity contribution >= 4 is 16.5 Å². The van der Waals surface area contributed by atoms with Crippen LogP contribution in [0.5, 0.6) is 0 Å². The van der Waals surface area contributed by atoms with E-state index in [9.17, 15) is 0 Å². The van der Waals surface area contributed by atoms with Crippen LogP contribution in [-0.2, 0) is 0 Å². The van der Waals surface area contributed by atoms with Crippen LogP contribution in [-0.4, -0.2) is 24.4 Å². The lowest BCUT2D eigenvalue weighted by Gasteiger charge is -2.19. The molecule has 0 aliphatic rings. The summed E-state index contributed by atoms with van der Waals surface area (Å²) in [5, 5.41) is 0.576. The average molecular weight is 164 g/mol. The van der Waals surface area contributed by atoms with Gasteiger partial charge in [-0.25, -0.2) is 0 Å². The van der Waals surface area contributed by atoms with E-state index in [1.165, 1.54) is 5.90 Å². The second-order valence-electron chi connectivity index (χ2n) is 3.66. The van der Waals surface area contributed by atoms with Crippen molar-refractivity contribution in [3.05, 3.63) is 0 Å². The maximum Gasteiger partial charge on any atom is -0.0148 e. The minimum Gasteiger partial charge on any atom is -0.112 e. The summed E-state index contributed by atoms with van der Waals surface area (Å²) in [6.45, 7) is 11.7. The quantitative estimate of drug-likeness (QED) is 0.550. The van der Waals surface area contributed by atoms with Gasteiger partial charge in [-0.2, -0.15) is 0 Å². The molecular weight excluding hydrogens is 146 g/mol. The molecule has 0 bridgehead atoms. The maximum atomic E-state index is 2.36. The molecule has 0 radical (unpaired) electrons. The Balaban J connectivity index is 3.28. The Labute approximate surface area is 62.3 Å². The van der Waals surface area contributed by atoms with Gasteiger partial charge in [-0.1, -0.05) is 20.8 Å². The molecule has 0 amide bonds. The normalized spacial score (nSPS) is 14.0. The molecule has 0 aromatic heterocycles. The van der Waals surface area contributed by atoms with Crippen molar-refractivity contribution in [2.75, 3.05) is 19.2 Å². The van der Waals surface area contributed by atoms with Gasteiger partial charge in [-0.15, -0.1) is 16.5 Å². The first-order valence-corrected chi connectivity index (χ1v) is 6.94. The van der Waals surface area contributed by atoms with Gasteiger partial charge >= 0.3 is 0 Å². The third-order valence-electron chi connectivity index (χ3n) is 0.926. The SMILES string of the molecule is CP(C)CPC(C)(C)C. The molecule has 0 aliphatic heterocycles. The highest BCUT2D eigenvalue weighted by Gasteiger charge is 2.09. The van der Waals surface area contributed by atoms with Gasteiger partial charge in [0, 0.05) is 0 Å². The molecular formula is C7H18P2. The van der Waals surface area contributed by atoms with Crippen LogP contribution in [0.2, 0.25) is 0 Å². The van der Waals surface area contributed by atoms with E-state index >= 15 is 0 Å². The molecule has 1 unspecified atom stereocenters. The van der Waals surface area contributed by atoms with Crippen molar-refractivity contribution < 1.29 is 0 Å². The van der Waals surface area contributed by atoms with E-state index in [0.717, 1.165) is 8.58 Å². The fraction of sp³-hybridized carbons (Fsp3) is 1.00. The molecule has 0 aliphatic carbocycles. The summed E-state index contributed by atoms with van der Waals surface area (Å²) in [6.07, 6.45) is 0. The van der Waals surface area contributed by atoms with Crippen molar-refractivity contribution in [3.8, 4) is 0 Å². The second-order valence-corrected chi connectivity index (χ2v) is 8.94. The average Bonchev–Trinajstić information content (AvgIpc) is 1.59. The molecule has 0 aromatic carbocycles. The third-order valence-corrected chi connectivity index (χ3v) is 5.15. The highest BCUT2D eigenvalue weighted by molar-refractivity contribution is 7.67. The van der Waals surface area contributed by atoms with Crippen LogP contribution < -0.4 is 0 Å². The summed E-state index contributed by atoms with van der Waals surface area (Å²) in [5.74, 6) is 1.46. The number of hydrogen-bond acceptors (Lipinski definition) is 0. The molecule has 0 saturated heterocycles. The lowest BCUT2D eigenvalue weighted by molar-refractivity contribution is 0.796. The fourth-order valence-electron chi connectivity index (χ4n) is 0.395. The van der Waals surface area contributed by atoms with Crippen molar-refractivity contribution in [2.24, 2.45) is 0 Å². The first kappa shape index (κ1) is 9.86. The van der Waals surface area contributed by atoms with E-state index < -0.39 is 0 Å².